The first-order chi connectivity index (χ1) is 6.89. The predicted molar refractivity (Wildman–Crippen MR) is 61.2 cm³/mol. The molecule has 0 atom stereocenters. The number of nitrogens with zero attached hydrogens (tertiary/aromatic N) is 1. The van der Waals surface area contributed by atoms with E-state index in [1.165, 1.54) is 0 Å². The maximum absolute atomic E-state index is 11.4. The van der Waals surface area contributed by atoms with Crippen LogP contribution in [0, 0.1) is 0 Å². The summed E-state index contributed by atoms with van der Waals surface area (Å²) in [5.74, 6) is 5.63. The molecule has 6 nitrogen and oxygen atoms in total. The molecule has 0 aliphatic rings. The van der Waals surface area contributed by atoms with Crippen molar-refractivity contribution in [3.05, 3.63) is 0 Å². The van der Waals surface area contributed by atoms with Gasteiger partial charge in [-0.2, -0.15) is 0 Å². The van der Waals surface area contributed by atoms with Gasteiger partial charge in [0.1, 0.15) is 0 Å². The SMILES string of the molecule is CN=C(NN)NCCC(=O)NC(C)(C)C. The zero-order valence-corrected chi connectivity index (χ0v) is 9.85. The van der Waals surface area contributed by atoms with E-state index in [9.17, 15) is 4.79 Å². The largest absolute Gasteiger partial charge is 0.355 e. The van der Waals surface area contributed by atoms with E-state index < -0.39 is 0 Å². The quantitative estimate of drug-likeness (QED) is 0.217. The first-order valence-corrected chi connectivity index (χ1v) is 4.87. The third kappa shape index (κ3) is 7.75. The molecule has 0 bridgehead atoms. The fraction of sp³-hybridized carbons (Fsp3) is 0.778. The molecule has 0 aromatic carbocycles. The summed E-state index contributed by atoms with van der Waals surface area (Å²) in [6.07, 6.45) is 0.387. The van der Waals surface area contributed by atoms with Crippen molar-refractivity contribution in [2.75, 3.05) is 13.6 Å². The van der Waals surface area contributed by atoms with E-state index in [-0.39, 0.29) is 11.4 Å². The van der Waals surface area contributed by atoms with Gasteiger partial charge < -0.3 is 10.6 Å². The number of carbonyl (C=O) groups excluding carboxylic acids is 1. The van der Waals surface area contributed by atoms with Gasteiger partial charge in [-0.3, -0.25) is 15.2 Å². The molecule has 0 aromatic heterocycles. The van der Waals surface area contributed by atoms with Crippen LogP contribution in [0.2, 0.25) is 0 Å². The molecular weight excluding hydrogens is 194 g/mol. The number of rotatable bonds is 3. The Balaban J connectivity index is 3.74. The Hall–Kier alpha value is -1.30. The highest BCUT2D eigenvalue weighted by molar-refractivity contribution is 5.80. The van der Waals surface area contributed by atoms with Crippen molar-refractivity contribution in [2.24, 2.45) is 10.8 Å². The summed E-state index contributed by atoms with van der Waals surface area (Å²) in [6, 6.07) is 0. The minimum absolute atomic E-state index is 0.00229. The van der Waals surface area contributed by atoms with Gasteiger partial charge in [0.05, 0.1) is 0 Å². The molecule has 5 N–H and O–H groups in total. The van der Waals surface area contributed by atoms with Crippen molar-refractivity contribution in [3.8, 4) is 0 Å². The Kier molecular flexibility index (Phi) is 5.69. The molecule has 0 saturated carbocycles. The maximum atomic E-state index is 11.4. The minimum atomic E-state index is -0.190. The fourth-order valence-electron chi connectivity index (χ4n) is 0.970. The summed E-state index contributed by atoms with van der Waals surface area (Å²) in [6.45, 7) is 6.33. The first-order valence-electron chi connectivity index (χ1n) is 4.87. The van der Waals surface area contributed by atoms with Crippen LogP contribution in [0.3, 0.4) is 0 Å². The number of nitrogens with two attached hydrogens (primary N) is 1. The maximum Gasteiger partial charge on any atom is 0.222 e. The van der Waals surface area contributed by atoms with Crippen LogP contribution in [-0.4, -0.2) is 31.0 Å². The van der Waals surface area contributed by atoms with Crippen LogP contribution in [0.1, 0.15) is 27.2 Å². The molecule has 88 valence electrons. The summed E-state index contributed by atoms with van der Waals surface area (Å²) < 4.78 is 0. The molecule has 0 fully saturated rings. The highest BCUT2D eigenvalue weighted by atomic mass is 16.1. The molecule has 0 rings (SSSR count). The highest BCUT2D eigenvalue weighted by Gasteiger charge is 2.12. The van der Waals surface area contributed by atoms with Crippen LogP contribution in [0.4, 0.5) is 0 Å². The van der Waals surface area contributed by atoms with E-state index in [4.69, 9.17) is 5.84 Å². The summed E-state index contributed by atoms with van der Waals surface area (Å²) in [7, 11) is 1.61. The molecule has 0 saturated heterocycles. The third-order valence-corrected chi connectivity index (χ3v) is 1.52. The van der Waals surface area contributed by atoms with Crippen molar-refractivity contribution in [3.63, 3.8) is 0 Å². The van der Waals surface area contributed by atoms with E-state index in [0.29, 0.717) is 18.9 Å². The van der Waals surface area contributed by atoms with Crippen molar-refractivity contribution >= 4 is 11.9 Å². The molecule has 0 aromatic rings. The van der Waals surface area contributed by atoms with Gasteiger partial charge in [0.2, 0.25) is 11.9 Å². The lowest BCUT2D eigenvalue weighted by molar-refractivity contribution is -0.122. The molecule has 1 amide bonds. The lowest BCUT2D eigenvalue weighted by atomic mass is 10.1. The smallest absolute Gasteiger partial charge is 0.222 e. The van der Waals surface area contributed by atoms with E-state index in [0.717, 1.165) is 0 Å². The first kappa shape index (κ1) is 13.7. The second kappa shape index (κ2) is 6.23. The Bertz CT molecular complexity index is 231. The molecule has 0 aliphatic carbocycles. The number of aliphatic imine (C=N–C) groups is 1. The van der Waals surface area contributed by atoms with Crippen LogP contribution in [0.15, 0.2) is 4.99 Å². The van der Waals surface area contributed by atoms with Crippen LogP contribution >= 0.6 is 0 Å². The summed E-state index contributed by atoms with van der Waals surface area (Å²) >= 11 is 0. The number of amides is 1. The van der Waals surface area contributed by atoms with Crippen molar-refractivity contribution in [2.45, 2.75) is 32.7 Å². The van der Waals surface area contributed by atoms with Crippen LogP contribution < -0.4 is 21.9 Å². The molecule has 0 unspecified atom stereocenters. The molecule has 0 heterocycles. The lowest BCUT2D eigenvalue weighted by Gasteiger charge is -2.20. The van der Waals surface area contributed by atoms with Gasteiger partial charge >= 0.3 is 0 Å². The van der Waals surface area contributed by atoms with Crippen molar-refractivity contribution in [1.82, 2.24) is 16.1 Å². The van der Waals surface area contributed by atoms with E-state index in [2.05, 4.69) is 21.1 Å². The van der Waals surface area contributed by atoms with Gasteiger partial charge in [-0.05, 0) is 20.8 Å². The van der Waals surface area contributed by atoms with Crippen LogP contribution in [-0.2, 0) is 4.79 Å². The minimum Gasteiger partial charge on any atom is -0.355 e. The summed E-state index contributed by atoms with van der Waals surface area (Å²) in [5.41, 5.74) is 2.19. The monoisotopic (exact) mass is 215 g/mol. The Labute approximate surface area is 90.7 Å². The number of carbonyl (C=O) groups is 1. The second-order valence-electron chi connectivity index (χ2n) is 4.19. The van der Waals surface area contributed by atoms with Gasteiger partial charge in [-0.15, -0.1) is 0 Å². The molecular formula is C9H21N5O. The number of hydrazine groups is 1. The topological polar surface area (TPSA) is 91.5 Å². The molecule has 15 heavy (non-hydrogen) atoms. The standard InChI is InChI=1S/C9H21N5O/c1-9(2,3)13-7(15)5-6-12-8(11-4)14-10/h5-6,10H2,1-4H3,(H,13,15)(H2,11,12,14). The van der Waals surface area contributed by atoms with Crippen molar-refractivity contribution in [1.29, 1.82) is 0 Å². The molecule has 6 heteroatoms. The zero-order chi connectivity index (χ0) is 11.9. The molecule has 0 aliphatic heterocycles. The lowest BCUT2D eigenvalue weighted by Crippen LogP contribution is -2.44. The third-order valence-electron chi connectivity index (χ3n) is 1.52. The van der Waals surface area contributed by atoms with Gasteiger partial charge in [0, 0.05) is 25.6 Å². The zero-order valence-electron chi connectivity index (χ0n) is 9.85. The van der Waals surface area contributed by atoms with Gasteiger partial charge in [-0.25, -0.2) is 5.84 Å². The summed E-state index contributed by atoms with van der Waals surface area (Å²) in [5, 5.41) is 5.75. The van der Waals surface area contributed by atoms with Crippen LogP contribution in [0.5, 0.6) is 0 Å². The molecule has 0 radical (unpaired) electrons. The molecule has 0 spiro atoms. The van der Waals surface area contributed by atoms with E-state index in [1.54, 1.807) is 7.05 Å². The Morgan fingerprint density at radius 3 is 2.40 bits per heavy atom. The summed E-state index contributed by atoms with van der Waals surface area (Å²) in [4.78, 5) is 15.2. The highest BCUT2D eigenvalue weighted by Crippen LogP contribution is 1.98. The average molecular weight is 215 g/mol. The van der Waals surface area contributed by atoms with Gasteiger partial charge in [-0.1, -0.05) is 0 Å². The second-order valence-corrected chi connectivity index (χ2v) is 4.19. The Morgan fingerprint density at radius 1 is 1.40 bits per heavy atom. The normalized spacial score (nSPS) is 12.2. The van der Waals surface area contributed by atoms with E-state index in [1.807, 2.05) is 20.8 Å². The fourth-order valence-corrected chi connectivity index (χ4v) is 0.970. The number of hydrogen-bond donors (Lipinski definition) is 4. The van der Waals surface area contributed by atoms with Crippen molar-refractivity contribution < 1.29 is 4.79 Å². The average Bonchev–Trinajstić information content (AvgIpc) is 2.09. The van der Waals surface area contributed by atoms with E-state index >= 15 is 0 Å². The number of nitrogens with one attached hydrogen (secondary N) is 3. The van der Waals surface area contributed by atoms with Gasteiger partial charge in [0.25, 0.3) is 0 Å². The van der Waals surface area contributed by atoms with Crippen LogP contribution in [0.25, 0.3) is 0 Å². The Morgan fingerprint density at radius 2 is 2.00 bits per heavy atom. The number of guanidine groups is 1. The van der Waals surface area contributed by atoms with Gasteiger partial charge in [0.15, 0.2) is 0 Å². The predicted octanol–water partition coefficient (Wildman–Crippen LogP) is -0.670. The number of hydrogen-bond acceptors (Lipinski definition) is 3.